The first-order chi connectivity index (χ1) is 6.19. The number of ether oxygens (including phenoxy) is 1. The number of nitrogens with two attached hydrogens (primary N) is 1. The van der Waals surface area contributed by atoms with Gasteiger partial charge in [0.05, 0.1) is 13.2 Å². The average Bonchev–Trinajstić information content (AvgIpc) is 2.16. The number of hydrogen-bond donors (Lipinski definition) is 1. The molecule has 1 rings (SSSR count). The van der Waals surface area contributed by atoms with Gasteiger partial charge in [-0.1, -0.05) is 6.08 Å². The molecular weight excluding hydrogens is 169 g/mol. The Labute approximate surface area is 76.8 Å². The molecule has 2 N–H and O–H groups in total. The molecule has 0 saturated carbocycles. The van der Waals surface area contributed by atoms with Crippen LogP contribution in [0.25, 0.3) is 0 Å². The minimum Gasteiger partial charge on any atom is -0.496 e. The molecule has 1 aromatic carbocycles. The van der Waals surface area contributed by atoms with E-state index in [4.69, 9.17) is 10.5 Å². The third kappa shape index (κ3) is 2.06. The van der Waals surface area contributed by atoms with Crippen LogP contribution in [0.15, 0.2) is 30.9 Å². The Bertz CT molecular complexity index is 312. The first kappa shape index (κ1) is 9.74. The summed E-state index contributed by atoms with van der Waals surface area (Å²) in [6.45, 7) is 3.54. The van der Waals surface area contributed by atoms with Crippen LogP contribution in [0.4, 0.5) is 4.39 Å². The number of halogens is 1. The van der Waals surface area contributed by atoms with Crippen molar-refractivity contribution in [2.75, 3.05) is 7.11 Å². The van der Waals surface area contributed by atoms with E-state index >= 15 is 0 Å². The van der Waals surface area contributed by atoms with Gasteiger partial charge in [0.25, 0.3) is 0 Å². The first-order valence-corrected chi connectivity index (χ1v) is 3.90. The topological polar surface area (TPSA) is 35.2 Å². The predicted octanol–water partition coefficient (Wildman–Crippen LogP) is 2.02. The van der Waals surface area contributed by atoms with Crippen LogP contribution in [0.3, 0.4) is 0 Å². The summed E-state index contributed by atoms with van der Waals surface area (Å²) in [5, 5.41) is 0. The van der Waals surface area contributed by atoms with E-state index in [0.717, 1.165) is 0 Å². The van der Waals surface area contributed by atoms with E-state index in [1.165, 1.54) is 25.3 Å². The zero-order chi connectivity index (χ0) is 9.84. The number of rotatable bonds is 3. The fourth-order valence-corrected chi connectivity index (χ4v) is 1.09. The quantitative estimate of drug-likeness (QED) is 0.724. The van der Waals surface area contributed by atoms with Crippen molar-refractivity contribution in [3.8, 4) is 5.75 Å². The van der Waals surface area contributed by atoms with Crippen LogP contribution in [0.5, 0.6) is 5.75 Å². The van der Waals surface area contributed by atoms with Crippen molar-refractivity contribution in [2.45, 2.75) is 6.04 Å². The maximum absolute atomic E-state index is 12.8. The van der Waals surface area contributed by atoms with Crippen LogP contribution in [0.2, 0.25) is 0 Å². The predicted molar refractivity (Wildman–Crippen MR) is 50.1 cm³/mol. The number of benzene rings is 1. The summed E-state index contributed by atoms with van der Waals surface area (Å²) >= 11 is 0. The van der Waals surface area contributed by atoms with Gasteiger partial charge in [-0.25, -0.2) is 4.39 Å². The molecule has 0 fully saturated rings. The molecule has 0 aliphatic heterocycles. The molecule has 13 heavy (non-hydrogen) atoms. The lowest BCUT2D eigenvalue weighted by Crippen LogP contribution is -2.08. The summed E-state index contributed by atoms with van der Waals surface area (Å²) in [6, 6.07) is 3.84. The van der Waals surface area contributed by atoms with Crippen molar-refractivity contribution in [1.29, 1.82) is 0 Å². The molecule has 0 spiro atoms. The van der Waals surface area contributed by atoms with Gasteiger partial charge in [0.2, 0.25) is 0 Å². The third-order valence-corrected chi connectivity index (χ3v) is 1.80. The van der Waals surface area contributed by atoms with E-state index < -0.39 is 6.04 Å². The van der Waals surface area contributed by atoms with Crippen molar-refractivity contribution < 1.29 is 9.13 Å². The van der Waals surface area contributed by atoms with Crippen molar-refractivity contribution in [3.63, 3.8) is 0 Å². The van der Waals surface area contributed by atoms with Crippen LogP contribution in [0, 0.1) is 5.82 Å². The van der Waals surface area contributed by atoms with Crippen LogP contribution in [-0.2, 0) is 0 Å². The lowest BCUT2D eigenvalue weighted by molar-refractivity contribution is 0.407. The lowest BCUT2D eigenvalue weighted by atomic mass is 10.1. The smallest absolute Gasteiger partial charge is 0.124 e. The molecule has 0 radical (unpaired) electrons. The molecular formula is C10H12FNO. The van der Waals surface area contributed by atoms with Crippen molar-refractivity contribution in [1.82, 2.24) is 0 Å². The molecule has 0 amide bonds. The molecule has 0 aromatic heterocycles. The van der Waals surface area contributed by atoms with Gasteiger partial charge in [0.1, 0.15) is 11.6 Å². The van der Waals surface area contributed by atoms with E-state index in [-0.39, 0.29) is 5.82 Å². The highest BCUT2D eigenvalue weighted by molar-refractivity contribution is 5.37. The largest absolute Gasteiger partial charge is 0.496 e. The van der Waals surface area contributed by atoms with E-state index in [9.17, 15) is 4.39 Å². The van der Waals surface area contributed by atoms with Gasteiger partial charge in [0, 0.05) is 5.56 Å². The summed E-state index contributed by atoms with van der Waals surface area (Å²) in [5.41, 5.74) is 6.28. The fourth-order valence-electron chi connectivity index (χ4n) is 1.09. The number of hydrogen-bond acceptors (Lipinski definition) is 2. The van der Waals surface area contributed by atoms with Crippen LogP contribution in [0.1, 0.15) is 11.6 Å². The second-order valence-corrected chi connectivity index (χ2v) is 2.65. The molecule has 70 valence electrons. The van der Waals surface area contributed by atoms with Crippen molar-refractivity contribution in [3.05, 3.63) is 42.2 Å². The third-order valence-electron chi connectivity index (χ3n) is 1.80. The Morgan fingerprint density at radius 2 is 2.31 bits per heavy atom. The minimum absolute atomic E-state index is 0.326. The standard InChI is InChI=1S/C10H12FNO/c1-3-9(12)8-6-7(11)4-5-10(8)13-2/h3-6,9H,1,12H2,2H3. The summed E-state index contributed by atoms with van der Waals surface area (Å²) in [5.74, 6) is 0.252. The van der Waals surface area contributed by atoms with E-state index in [1.54, 1.807) is 6.07 Å². The van der Waals surface area contributed by atoms with Gasteiger partial charge in [-0.2, -0.15) is 0 Å². The van der Waals surface area contributed by atoms with Gasteiger partial charge < -0.3 is 10.5 Å². The van der Waals surface area contributed by atoms with Crippen LogP contribution >= 0.6 is 0 Å². The Morgan fingerprint density at radius 1 is 1.62 bits per heavy atom. The molecule has 1 unspecified atom stereocenters. The summed E-state index contributed by atoms with van der Waals surface area (Å²) < 4.78 is 17.9. The molecule has 0 heterocycles. The van der Waals surface area contributed by atoms with Gasteiger partial charge in [-0.05, 0) is 18.2 Å². The monoisotopic (exact) mass is 181 g/mol. The fraction of sp³-hybridized carbons (Fsp3) is 0.200. The van der Waals surface area contributed by atoms with Crippen LogP contribution < -0.4 is 10.5 Å². The van der Waals surface area contributed by atoms with E-state index in [1.807, 2.05) is 0 Å². The summed E-state index contributed by atoms with van der Waals surface area (Å²) in [4.78, 5) is 0. The average molecular weight is 181 g/mol. The zero-order valence-electron chi connectivity index (χ0n) is 7.46. The Morgan fingerprint density at radius 3 is 2.85 bits per heavy atom. The molecule has 0 aliphatic rings. The van der Waals surface area contributed by atoms with Crippen LogP contribution in [-0.4, -0.2) is 7.11 Å². The van der Waals surface area contributed by atoms with Gasteiger partial charge in [-0.3, -0.25) is 0 Å². The second-order valence-electron chi connectivity index (χ2n) is 2.65. The van der Waals surface area contributed by atoms with E-state index in [0.29, 0.717) is 11.3 Å². The molecule has 0 bridgehead atoms. The Balaban J connectivity index is 3.14. The van der Waals surface area contributed by atoms with Gasteiger partial charge >= 0.3 is 0 Å². The zero-order valence-corrected chi connectivity index (χ0v) is 7.46. The summed E-state index contributed by atoms with van der Waals surface area (Å²) in [6.07, 6.45) is 1.54. The van der Waals surface area contributed by atoms with Crippen molar-refractivity contribution in [2.24, 2.45) is 5.73 Å². The lowest BCUT2D eigenvalue weighted by Gasteiger charge is -2.11. The molecule has 3 heteroatoms. The second kappa shape index (κ2) is 4.05. The van der Waals surface area contributed by atoms with Gasteiger partial charge in [0.15, 0.2) is 0 Å². The molecule has 2 nitrogen and oxygen atoms in total. The van der Waals surface area contributed by atoms with Crippen molar-refractivity contribution >= 4 is 0 Å². The molecule has 0 saturated heterocycles. The Hall–Kier alpha value is -1.35. The van der Waals surface area contributed by atoms with Gasteiger partial charge in [-0.15, -0.1) is 6.58 Å². The molecule has 1 atom stereocenters. The molecule has 1 aromatic rings. The normalized spacial score (nSPS) is 12.2. The Kier molecular flexibility index (Phi) is 3.03. The maximum atomic E-state index is 12.8. The SMILES string of the molecule is C=CC(N)c1cc(F)ccc1OC. The maximum Gasteiger partial charge on any atom is 0.124 e. The first-order valence-electron chi connectivity index (χ1n) is 3.90. The highest BCUT2D eigenvalue weighted by atomic mass is 19.1. The van der Waals surface area contributed by atoms with E-state index in [2.05, 4.69) is 6.58 Å². The minimum atomic E-state index is -0.398. The summed E-state index contributed by atoms with van der Waals surface area (Å²) in [7, 11) is 1.52. The number of methoxy groups -OCH3 is 1. The highest BCUT2D eigenvalue weighted by Gasteiger charge is 2.09. The highest BCUT2D eigenvalue weighted by Crippen LogP contribution is 2.24. The molecule has 0 aliphatic carbocycles.